The molecule has 19 heavy (non-hydrogen) atoms. The molecule has 3 unspecified atom stereocenters. The first-order valence-corrected chi connectivity index (χ1v) is 7.42. The molecule has 2 aliphatic rings. The zero-order chi connectivity index (χ0) is 13.8. The summed E-state index contributed by atoms with van der Waals surface area (Å²) in [6.45, 7) is 6.43. The van der Waals surface area contributed by atoms with E-state index in [0.717, 1.165) is 17.0 Å². The van der Waals surface area contributed by atoms with Crippen LogP contribution in [-0.2, 0) is 5.41 Å². The van der Waals surface area contributed by atoms with Gasteiger partial charge >= 0.3 is 0 Å². The van der Waals surface area contributed by atoms with Crippen molar-refractivity contribution in [1.29, 1.82) is 0 Å². The van der Waals surface area contributed by atoms with E-state index in [0.29, 0.717) is 11.8 Å². The fourth-order valence-corrected chi connectivity index (χ4v) is 3.98. The van der Waals surface area contributed by atoms with E-state index >= 15 is 0 Å². The van der Waals surface area contributed by atoms with E-state index in [1.165, 1.54) is 25.7 Å². The molecule has 0 spiro atoms. The average Bonchev–Trinajstić information content (AvgIpc) is 2.93. The predicted octanol–water partition coefficient (Wildman–Crippen LogP) is 4.30. The fraction of sp³-hybridized carbons (Fsp3) is 0.647. The van der Waals surface area contributed by atoms with Crippen molar-refractivity contribution in [2.45, 2.75) is 57.8 Å². The van der Waals surface area contributed by atoms with Crippen LogP contribution in [0.5, 0.6) is 11.5 Å². The normalized spacial score (nSPS) is 29.9. The van der Waals surface area contributed by atoms with Crippen LogP contribution < -0.4 is 0 Å². The maximum absolute atomic E-state index is 10.2. The predicted molar refractivity (Wildman–Crippen MR) is 76.7 cm³/mol. The second kappa shape index (κ2) is 4.16. The summed E-state index contributed by atoms with van der Waals surface area (Å²) in [7, 11) is 0. The monoisotopic (exact) mass is 260 g/mol. The van der Waals surface area contributed by atoms with Crippen molar-refractivity contribution in [3.05, 3.63) is 23.3 Å². The van der Waals surface area contributed by atoms with E-state index < -0.39 is 0 Å². The first-order valence-electron chi connectivity index (χ1n) is 7.42. The van der Waals surface area contributed by atoms with Gasteiger partial charge in [-0.2, -0.15) is 0 Å². The molecule has 0 saturated heterocycles. The first kappa shape index (κ1) is 12.8. The number of hydrogen-bond acceptors (Lipinski definition) is 2. The summed E-state index contributed by atoms with van der Waals surface area (Å²) >= 11 is 0. The molecule has 2 saturated carbocycles. The smallest absolute Gasteiger partial charge is 0.160 e. The van der Waals surface area contributed by atoms with Crippen LogP contribution in [0.1, 0.15) is 63.5 Å². The van der Waals surface area contributed by atoms with Crippen LogP contribution in [0.3, 0.4) is 0 Å². The topological polar surface area (TPSA) is 40.5 Å². The molecular weight excluding hydrogens is 236 g/mol. The standard InChI is InChI=1S/C17H24O2/c1-17(2,3)12-8-14(16(19)15(18)9-12)13-7-10-4-5-11(13)6-10/h8-11,13,18-19H,4-7H2,1-3H3. The number of fused-ring (bicyclic) bond motifs is 2. The summed E-state index contributed by atoms with van der Waals surface area (Å²) in [5.74, 6) is 2.17. The van der Waals surface area contributed by atoms with Gasteiger partial charge < -0.3 is 10.2 Å². The minimum absolute atomic E-state index is 0.00243. The number of aromatic hydroxyl groups is 2. The highest BCUT2D eigenvalue weighted by Crippen LogP contribution is 2.55. The molecule has 0 amide bonds. The first-order chi connectivity index (χ1) is 8.86. The van der Waals surface area contributed by atoms with Crippen LogP contribution in [0.25, 0.3) is 0 Å². The van der Waals surface area contributed by atoms with Crippen molar-refractivity contribution in [3.8, 4) is 11.5 Å². The van der Waals surface area contributed by atoms with E-state index in [4.69, 9.17) is 0 Å². The van der Waals surface area contributed by atoms with Gasteiger partial charge in [0.15, 0.2) is 11.5 Å². The highest BCUT2D eigenvalue weighted by molar-refractivity contribution is 5.51. The van der Waals surface area contributed by atoms with Gasteiger partial charge in [0, 0.05) is 5.56 Å². The van der Waals surface area contributed by atoms with Crippen LogP contribution in [0, 0.1) is 11.8 Å². The second-order valence-corrected chi connectivity index (χ2v) is 7.46. The van der Waals surface area contributed by atoms with Gasteiger partial charge in [-0.3, -0.25) is 0 Å². The Hall–Kier alpha value is -1.18. The summed E-state index contributed by atoms with van der Waals surface area (Å²) in [5.41, 5.74) is 2.09. The van der Waals surface area contributed by atoms with Gasteiger partial charge in [-0.15, -0.1) is 0 Å². The van der Waals surface area contributed by atoms with Crippen molar-refractivity contribution in [1.82, 2.24) is 0 Å². The van der Waals surface area contributed by atoms with E-state index in [9.17, 15) is 10.2 Å². The lowest BCUT2D eigenvalue weighted by Crippen LogP contribution is -2.14. The van der Waals surface area contributed by atoms with Crippen molar-refractivity contribution in [2.75, 3.05) is 0 Å². The lowest BCUT2D eigenvalue weighted by Gasteiger charge is -2.26. The van der Waals surface area contributed by atoms with Crippen molar-refractivity contribution < 1.29 is 10.2 Å². The molecule has 104 valence electrons. The minimum atomic E-state index is -0.00243. The van der Waals surface area contributed by atoms with Gasteiger partial charge in [0.1, 0.15) is 0 Å². The quantitative estimate of drug-likeness (QED) is 0.739. The zero-order valence-electron chi connectivity index (χ0n) is 12.1. The molecule has 2 heteroatoms. The Kier molecular flexibility index (Phi) is 2.81. The fourth-order valence-electron chi connectivity index (χ4n) is 3.98. The lowest BCUT2D eigenvalue weighted by atomic mass is 9.79. The van der Waals surface area contributed by atoms with Crippen molar-refractivity contribution in [2.24, 2.45) is 11.8 Å². The van der Waals surface area contributed by atoms with Gasteiger partial charge in [-0.1, -0.05) is 33.3 Å². The van der Waals surface area contributed by atoms with E-state index in [2.05, 4.69) is 26.8 Å². The Morgan fingerprint density at radius 3 is 2.32 bits per heavy atom. The molecule has 0 aromatic heterocycles. The Balaban J connectivity index is 2.03. The van der Waals surface area contributed by atoms with E-state index in [1.54, 1.807) is 6.07 Å². The summed E-state index contributed by atoms with van der Waals surface area (Å²) < 4.78 is 0. The maximum Gasteiger partial charge on any atom is 0.160 e. The molecule has 2 aliphatic carbocycles. The Morgan fingerprint density at radius 1 is 1.05 bits per heavy atom. The van der Waals surface area contributed by atoms with Crippen LogP contribution in [0.15, 0.2) is 12.1 Å². The van der Waals surface area contributed by atoms with Gasteiger partial charge in [-0.05, 0) is 54.1 Å². The van der Waals surface area contributed by atoms with E-state index in [1.807, 2.05) is 0 Å². The molecule has 2 bridgehead atoms. The lowest BCUT2D eigenvalue weighted by molar-refractivity contribution is 0.371. The molecule has 0 radical (unpaired) electrons. The number of benzene rings is 1. The second-order valence-electron chi connectivity index (χ2n) is 7.46. The third-order valence-corrected chi connectivity index (χ3v) is 5.12. The SMILES string of the molecule is CC(C)(C)c1cc(O)c(O)c(C2CC3CCC2C3)c1. The van der Waals surface area contributed by atoms with Gasteiger partial charge in [0.05, 0.1) is 0 Å². The average molecular weight is 260 g/mol. The molecule has 2 N–H and O–H groups in total. The molecule has 3 rings (SSSR count). The number of hydrogen-bond donors (Lipinski definition) is 2. The highest BCUT2D eigenvalue weighted by atomic mass is 16.3. The summed E-state index contributed by atoms with van der Waals surface area (Å²) in [4.78, 5) is 0. The molecule has 2 nitrogen and oxygen atoms in total. The third-order valence-electron chi connectivity index (χ3n) is 5.12. The van der Waals surface area contributed by atoms with Crippen LogP contribution >= 0.6 is 0 Å². The number of rotatable bonds is 1. The van der Waals surface area contributed by atoms with Gasteiger partial charge in [0.25, 0.3) is 0 Å². The summed E-state index contributed by atoms with van der Waals surface area (Å²) in [6, 6.07) is 3.84. The molecule has 1 aromatic carbocycles. The molecule has 3 atom stereocenters. The molecular formula is C17H24O2. The van der Waals surface area contributed by atoms with Gasteiger partial charge in [0.2, 0.25) is 0 Å². The Bertz CT molecular complexity index is 499. The van der Waals surface area contributed by atoms with Crippen LogP contribution in [0.4, 0.5) is 0 Å². The highest BCUT2D eigenvalue weighted by Gasteiger charge is 2.41. The van der Waals surface area contributed by atoms with Crippen molar-refractivity contribution in [3.63, 3.8) is 0 Å². The zero-order valence-corrected chi connectivity index (χ0v) is 12.1. The minimum Gasteiger partial charge on any atom is -0.504 e. The molecule has 0 heterocycles. The summed E-state index contributed by atoms with van der Waals surface area (Å²) in [6.07, 6.45) is 5.14. The van der Waals surface area contributed by atoms with Crippen molar-refractivity contribution >= 4 is 0 Å². The Morgan fingerprint density at radius 2 is 1.79 bits per heavy atom. The van der Waals surface area contributed by atoms with Crippen LogP contribution in [-0.4, -0.2) is 10.2 Å². The number of phenols is 2. The maximum atomic E-state index is 10.2. The number of phenolic OH excluding ortho intramolecular Hbond substituents is 2. The molecule has 2 fully saturated rings. The molecule has 0 aliphatic heterocycles. The Labute approximate surface area is 115 Å². The largest absolute Gasteiger partial charge is 0.504 e. The van der Waals surface area contributed by atoms with Crippen LogP contribution in [0.2, 0.25) is 0 Å². The van der Waals surface area contributed by atoms with E-state index in [-0.39, 0.29) is 16.9 Å². The molecule has 1 aromatic rings. The third kappa shape index (κ3) is 2.11. The summed E-state index contributed by atoms with van der Waals surface area (Å²) in [5, 5.41) is 20.3. The van der Waals surface area contributed by atoms with Gasteiger partial charge in [-0.25, -0.2) is 0 Å².